The second-order valence-corrected chi connectivity index (χ2v) is 7.58. The zero-order chi connectivity index (χ0) is 16.6. The molecule has 0 radical (unpaired) electrons. The number of hydrogen-bond donors (Lipinski definition) is 1. The van der Waals surface area contributed by atoms with Gasteiger partial charge in [-0.1, -0.05) is 0 Å². The van der Waals surface area contributed by atoms with Gasteiger partial charge < -0.3 is 15.0 Å². The zero-order valence-corrected chi connectivity index (χ0v) is 14.0. The summed E-state index contributed by atoms with van der Waals surface area (Å²) in [6.45, 7) is 2.15. The molecular weight excluding hydrogens is 307 g/mol. The van der Waals surface area contributed by atoms with E-state index >= 15 is 0 Å². The number of carbonyl (C=O) groups excluding carboxylic acids is 1. The fourth-order valence-electron chi connectivity index (χ4n) is 3.83. The van der Waals surface area contributed by atoms with Crippen LogP contribution in [-0.4, -0.2) is 36.2 Å². The fourth-order valence-corrected chi connectivity index (χ4v) is 3.83. The molecule has 2 amide bonds. The number of benzene rings is 1. The molecule has 4 nitrogen and oxygen atoms in total. The van der Waals surface area contributed by atoms with Crippen molar-refractivity contribution in [2.45, 2.75) is 44.1 Å². The van der Waals surface area contributed by atoms with Crippen molar-refractivity contribution < 1.29 is 13.9 Å². The Labute approximate surface area is 142 Å². The van der Waals surface area contributed by atoms with E-state index in [9.17, 15) is 9.18 Å². The van der Waals surface area contributed by atoms with E-state index in [1.165, 1.54) is 25.0 Å². The molecule has 130 valence electrons. The van der Waals surface area contributed by atoms with Crippen molar-refractivity contribution in [3.63, 3.8) is 0 Å². The van der Waals surface area contributed by atoms with E-state index in [0.717, 1.165) is 44.7 Å². The van der Waals surface area contributed by atoms with Gasteiger partial charge in [-0.25, -0.2) is 9.18 Å². The lowest BCUT2D eigenvalue weighted by molar-refractivity contribution is 0.134. The normalized spacial score (nSPS) is 25.2. The molecule has 1 heterocycles. The Bertz CT molecular complexity index is 596. The molecule has 1 aromatic rings. The van der Waals surface area contributed by atoms with Crippen molar-refractivity contribution in [2.75, 3.05) is 19.7 Å². The van der Waals surface area contributed by atoms with Crippen LogP contribution in [0.5, 0.6) is 5.75 Å². The molecule has 2 aliphatic carbocycles. The molecule has 4 rings (SSSR count). The molecule has 0 aromatic heterocycles. The number of piperidine rings is 1. The van der Waals surface area contributed by atoms with Crippen LogP contribution in [0.4, 0.5) is 9.18 Å². The number of hydrogen-bond acceptors (Lipinski definition) is 2. The predicted octanol–water partition coefficient (Wildman–Crippen LogP) is 3.57. The molecular formula is C19H25FN2O2. The van der Waals surface area contributed by atoms with Crippen LogP contribution in [0, 0.1) is 17.7 Å². The fraction of sp³-hybridized carbons (Fsp3) is 0.632. The van der Waals surface area contributed by atoms with Gasteiger partial charge >= 0.3 is 6.03 Å². The summed E-state index contributed by atoms with van der Waals surface area (Å²) >= 11 is 0. The number of halogens is 1. The van der Waals surface area contributed by atoms with Crippen LogP contribution in [0.15, 0.2) is 24.3 Å². The molecule has 3 fully saturated rings. The van der Waals surface area contributed by atoms with Crippen molar-refractivity contribution in [1.82, 2.24) is 10.2 Å². The van der Waals surface area contributed by atoms with Crippen LogP contribution in [0.1, 0.15) is 38.5 Å². The van der Waals surface area contributed by atoms with Gasteiger partial charge in [-0.2, -0.15) is 0 Å². The lowest BCUT2D eigenvalue weighted by Crippen LogP contribution is -2.50. The Hall–Kier alpha value is -1.78. The maximum absolute atomic E-state index is 12.9. The largest absolute Gasteiger partial charge is 0.493 e. The first-order valence-corrected chi connectivity index (χ1v) is 9.10. The maximum atomic E-state index is 12.9. The molecule has 1 saturated heterocycles. The Balaban J connectivity index is 1.27. The van der Waals surface area contributed by atoms with Gasteiger partial charge in [-0.3, -0.25) is 0 Å². The first-order chi connectivity index (χ1) is 11.6. The van der Waals surface area contributed by atoms with Crippen LogP contribution >= 0.6 is 0 Å². The molecule has 0 spiro atoms. The second kappa shape index (κ2) is 6.26. The van der Waals surface area contributed by atoms with Gasteiger partial charge in [0.15, 0.2) is 0 Å². The summed E-state index contributed by atoms with van der Waals surface area (Å²) in [6.07, 6.45) is 6.92. The average Bonchev–Trinajstić information content (AvgIpc) is 3.48. The number of urea groups is 1. The Morgan fingerprint density at radius 3 is 2.67 bits per heavy atom. The summed E-state index contributed by atoms with van der Waals surface area (Å²) in [6, 6.07) is 6.21. The van der Waals surface area contributed by atoms with Gasteiger partial charge in [-0.15, -0.1) is 0 Å². The topological polar surface area (TPSA) is 41.6 Å². The van der Waals surface area contributed by atoms with Crippen molar-refractivity contribution >= 4 is 6.03 Å². The highest BCUT2D eigenvalue weighted by Crippen LogP contribution is 2.53. The van der Waals surface area contributed by atoms with E-state index in [1.54, 1.807) is 12.1 Å². The number of carbonyl (C=O) groups is 1. The summed E-state index contributed by atoms with van der Waals surface area (Å²) in [7, 11) is 0. The van der Waals surface area contributed by atoms with Crippen molar-refractivity contribution in [1.29, 1.82) is 0 Å². The number of nitrogens with one attached hydrogen (secondary N) is 1. The van der Waals surface area contributed by atoms with Crippen molar-refractivity contribution in [3.05, 3.63) is 30.1 Å². The molecule has 24 heavy (non-hydrogen) atoms. The monoisotopic (exact) mass is 332 g/mol. The summed E-state index contributed by atoms with van der Waals surface area (Å²) < 4.78 is 18.7. The van der Waals surface area contributed by atoms with Crippen LogP contribution in [0.25, 0.3) is 0 Å². The summed E-state index contributed by atoms with van der Waals surface area (Å²) in [4.78, 5) is 14.5. The SMILES string of the molecule is O=C(NC1(C2CC2)CC1)N1CCC[C@@H](COc2ccc(F)cc2)C1. The molecule has 1 aromatic carbocycles. The van der Waals surface area contributed by atoms with Crippen LogP contribution < -0.4 is 10.1 Å². The number of ether oxygens (including phenoxy) is 1. The summed E-state index contributed by atoms with van der Waals surface area (Å²) in [5.41, 5.74) is 0.134. The number of rotatable bonds is 5. The molecule has 0 bridgehead atoms. The number of nitrogens with zero attached hydrogens (tertiary/aromatic N) is 1. The van der Waals surface area contributed by atoms with E-state index in [-0.39, 0.29) is 17.4 Å². The minimum absolute atomic E-state index is 0.103. The predicted molar refractivity (Wildman–Crippen MR) is 89.4 cm³/mol. The first kappa shape index (κ1) is 15.7. The van der Waals surface area contributed by atoms with Crippen molar-refractivity contribution in [2.24, 2.45) is 11.8 Å². The lowest BCUT2D eigenvalue weighted by atomic mass is 9.99. The molecule has 3 aliphatic rings. The van der Waals surface area contributed by atoms with Crippen LogP contribution in [0.2, 0.25) is 0 Å². The maximum Gasteiger partial charge on any atom is 0.317 e. The van der Waals surface area contributed by atoms with E-state index in [2.05, 4.69) is 5.32 Å². The zero-order valence-electron chi connectivity index (χ0n) is 14.0. The highest BCUT2D eigenvalue weighted by molar-refractivity contribution is 5.76. The summed E-state index contributed by atoms with van der Waals surface area (Å²) in [5, 5.41) is 3.30. The Morgan fingerprint density at radius 2 is 2.00 bits per heavy atom. The molecule has 2 saturated carbocycles. The van der Waals surface area contributed by atoms with Crippen LogP contribution in [-0.2, 0) is 0 Å². The van der Waals surface area contributed by atoms with Gasteiger partial charge in [0.25, 0.3) is 0 Å². The quantitative estimate of drug-likeness (QED) is 0.895. The van der Waals surface area contributed by atoms with Gasteiger partial charge in [0.2, 0.25) is 0 Å². The summed E-state index contributed by atoms with van der Waals surface area (Å²) in [5.74, 6) is 1.49. The lowest BCUT2D eigenvalue weighted by Gasteiger charge is -2.34. The minimum Gasteiger partial charge on any atom is -0.493 e. The second-order valence-electron chi connectivity index (χ2n) is 7.58. The third-order valence-corrected chi connectivity index (χ3v) is 5.61. The van der Waals surface area contributed by atoms with Gasteiger partial charge in [-0.05, 0) is 68.7 Å². The van der Waals surface area contributed by atoms with E-state index in [1.807, 2.05) is 4.90 Å². The van der Waals surface area contributed by atoms with Crippen LogP contribution in [0.3, 0.4) is 0 Å². The van der Waals surface area contributed by atoms with E-state index in [4.69, 9.17) is 4.74 Å². The van der Waals surface area contributed by atoms with E-state index < -0.39 is 0 Å². The van der Waals surface area contributed by atoms with Gasteiger partial charge in [0.1, 0.15) is 11.6 Å². The first-order valence-electron chi connectivity index (χ1n) is 9.10. The third kappa shape index (κ3) is 3.50. The molecule has 1 atom stereocenters. The standard InChI is InChI=1S/C19H25FN2O2/c20-16-5-7-17(8-6-16)24-13-14-2-1-11-22(12-14)18(23)21-19(9-10-19)15-3-4-15/h5-8,14-15H,1-4,9-13H2,(H,21,23)/t14-/m1/s1. The molecule has 1 N–H and O–H groups in total. The van der Waals surface area contributed by atoms with Gasteiger partial charge in [0.05, 0.1) is 6.61 Å². The smallest absolute Gasteiger partial charge is 0.317 e. The van der Waals surface area contributed by atoms with Gasteiger partial charge in [0, 0.05) is 24.5 Å². The number of likely N-dealkylation sites (tertiary alicyclic amines) is 1. The molecule has 0 unspecified atom stereocenters. The highest BCUT2D eigenvalue weighted by atomic mass is 19.1. The third-order valence-electron chi connectivity index (χ3n) is 5.61. The number of amides is 2. The van der Waals surface area contributed by atoms with Crippen molar-refractivity contribution in [3.8, 4) is 5.75 Å². The van der Waals surface area contributed by atoms with E-state index in [0.29, 0.717) is 18.3 Å². The highest BCUT2D eigenvalue weighted by Gasteiger charge is 2.55. The minimum atomic E-state index is -0.257. The Kier molecular flexibility index (Phi) is 4.10. The average molecular weight is 332 g/mol. The molecule has 5 heteroatoms. The Morgan fingerprint density at radius 1 is 1.25 bits per heavy atom. The molecule has 1 aliphatic heterocycles.